The summed E-state index contributed by atoms with van der Waals surface area (Å²) >= 11 is 0. The van der Waals surface area contributed by atoms with Crippen molar-refractivity contribution in [2.75, 3.05) is 32.5 Å². The van der Waals surface area contributed by atoms with Gasteiger partial charge in [0.25, 0.3) is 11.6 Å². The molecule has 1 rings (SSSR count). The number of hydrogen-bond acceptors (Lipinski definition) is 5. The first-order valence-electron chi connectivity index (χ1n) is 6.41. The molecule has 0 saturated heterocycles. The minimum absolute atomic E-state index is 0.0922. The van der Waals surface area contributed by atoms with Crippen molar-refractivity contribution in [1.29, 1.82) is 0 Å². The van der Waals surface area contributed by atoms with Gasteiger partial charge in [-0.15, -0.1) is 0 Å². The molecule has 0 fully saturated rings. The van der Waals surface area contributed by atoms with Crippen LogP contribution in [0.3, 0.4) is 0 Å². The summed E-state index contributed by atoms with van der Waals surface area (Å²) in [6.45, 7) is 1.21. The van der Waals surface area contributed by atoms with Crippen molar-refractivity contribution in [2.45, 2.75) is 12.8 Å². The first-order chi connectivity index (χ1) is 9.47. The Hall–Kier alpha value is -2.15. The predicted molar refractivity (Wildman–Crippen MR) is 77.9 cm³/mol. The van der Waals surface area contributed by atoms with E-state index in [2.05, 4.69) is 5.32 Å². The second-order valence-corrected chi connectivity index (χ2v) is 4.61. The van der Waals surface area contributed by atoms with Crippen molar-refractivity contribution in [2.24, 2.45) is 5.73 Å². The van der Waals surface area contributed by atoms with E-state index in [9.17, 15) is 14.9 Å². The monoisotopic (exact) mass is 280 g/mol. The van der Waals surface area contributed by atoms with Crippen LogP contribution in [0.1, 0.15) is 23.2 Å². The molecule has 0 aromatic heterocycles. The van der Waals surface area contributed by atoms with Gasteiger partial charge in [-0.2, -0.15) is 0 Å². The fourth-order valence-corrected chi connectivity index (χ4v) is 1.72. The minimum atomic E-state index is -0.488. The number of amides is 1. The SMILES string of the molecule is CN(C)C(=O)c1ccc(NCCCCN)c([N+](=O)[O-])c1. The number of carbonyl (C=O) groups is 1. The largest absolute Gasteiger partial charge is 0.379 e. The zero-order valence-electron chi connectivity index (χ0n) is 11.8. The van der Waals surface area contributed by atoms with Gasteiger partial charge in [0.1, 0.15) is 5.69 Å². The normalized spacial score (nSPS) is 10.2. The standard InChI is InChI=1S/C13H20N4O3/c1-16(2)13(18)10-5-6-11(12(9-10)17(19)20)15-8-4-3-7-14/h5-6,9,15H,3-4,7-8,14H2,1-2H3. The van der Waals surface area contributed by atoms with Crippen LogP contribution in [0.5, 0.6) is 0 Å². The molecular weight excluding hydrogens is 260 g/mol. The molecule has 0 aliphatic rings. The Morgan fingerprint density at radius 1 is 1.40 bits per heavy atom. The van der Waals surface area contributed by atoms with Gasteiger partial charge in [-0.3, -0.25) is 14.9 Å². The Morgan fingerprint density at radius 2 is 2.10 bits per heavy atom. The highest BCUT2D eigenvalue weighted by molar-refractivity contribution is 5.95. The number of nitrogens with two attached hydrogens (primary N) is 1. The molecule has 7 nitrogen and oxygen atoms in total. The lowest BCUT2D eigenvalue weighted by molar-refractivity contribution is -0.384. The highest BCUT2D eigenvalue weighted by atomic mass is 16.6. The van der Waals surface area contributed by atoms with E-state index in [0.717, 1.165) is 12.8 Å². The molecular formula is C13H20N4O3. The Morgan fingerprint density at radius 3 is 2.65 bits per heavy atom. The highest BCUT2D eigenvalue weighted by Gasteiger charge is 2.18. The van der Waals surface area contributed by atoms with Crippen LogP contribution < -0.4 is 11.1 Å². The van der Waals surface area contributed by atoms with Crippen molar-refractivity contribution in [3.05, 3.63) is 33.9 Å². The first-order valence-corrected chi connectivity index (χ1v) is 6.41. The Labute approximate surface area is 117 Å². The highest BCUT2D eigenvalue weighted by Crippen LogP contribution is 2.26. The van der Waals surface area contributed by atoms with Crippen LogP contribution in [-0.4, -0.2) is 42.9 Å². The fourth-order valence-electron chi connectivity index (χ4n) is 1.72. The third-order valence-electron chi connectivity index (χ3n) is 2.79. The van der Waals surface area contributed by atoms with Crippen LogP contribution in [0.15, 0.2) is 18.2 Å². The molecule has 0 heterocycles. The smallest absolute Gasteiger partial charge is 0.293 e. The molecule has 0 unspecified atom stereocenters. The molecule has 0 saturated carbocycles. The lowest BCUT2D eigenvalue weighted by atomic mass is 10.1. The molecule has 7 heteroatoms. The number of nitro benzene ring substituents is 1. The predicted octanol–water partition coefficient (Wildman–Crippen LogP) is 1.45. The van der Waals surface area contributed by atoms with Gasteiger partial charge in [0.15, 0.2) is 0 Å². The number of carbonyl (C=O) groups excluding carboxylic acids is 1. The molecule has 0 atom stereocenters. The van der Waals surface area contributed by atoms with Crippen LogP contribution >= 0.6 is 0 Å². The average Bonchev–Trinajstić information content (AvgIpc) is 2.42. The number of rotatable bonds is 7. The van der Waals surface area contributed by atoms with Gasteiger partial charge in [0, 0.05) is 32.3 Å². The molecule has 1 aromatic rings. The summed E-state index contributed by atoms with van der Waals surface area (Å²) < 4.78 is 0. The maximum atomic E-state index is 11.8. The second-order valence-electron chi connectivity index (χ2n) is 4.61. The molecule has 0 aliphatic heterocycles. The van der Waals surface area contributed by atoms with E-state index in [1.165, 1.54) is 11.0 Å². The van der Waals surface area contributed by atoms with Crippen molar-refractivity contribution in [3.8, 4) is 0 Å². The van der Waals surface area contributed by atoms with Gasteiger partial charge < -0.3 is 16.0 Å². The van der Waals surface area contributed by atoms with E-state index in [-0.39, 0.29) is 11.6 Å². The third kappa shape index (κ3) is 4.20. The van der Waals surface area contributed by atoms with E-state index in [1.807, 2.05) is 0 Å². The van der Waals surface area contributed by atoms with Crippen molar-refractivity contribution < 1.29 is 9.72 Å². The summed E-state index contributed by atoms with van der Waals surface area (Å²) in [6.07, 6.45) is 1.70. The summed E-state index contributed by atoms with van der Waals surface area (Å²) in [6, 6.07) is 4.45. The van der Waals surface area contributed by atoms with Gasteiger partial charge in [0.05, 0.1) is 4.92 Å². The zero-order chi connectivity index (χ0) is 15.1. The van der Waals surface area contributed by atoms with Crippen LogP contribution in [0.4, 0.5) is 11.4 Å². The fraction of sp³-hybridized carbons (Fsp3) is 0.462. The molecule has 3 N–H and O–H groups in total. The summed E-state index contributed by atoms with van der Waals surface area (Å²) in [5, 5.41) is 14.1. The van der Waals surface area contributed by atoms with Gasteiger partial charge in [-0.05, 0) is 31.5 Å². The van der Waals surface area contributed by atoms with Crippen molar-refractivity contribution in [3.63, 3.8) is 0 Å². The number of nitrogens with zero attached hydrogens (tertiary/aromatic N) is 2. The number of nitro groups is 1. The van der Waals surface area contributed by atoms with Crippen molar-refractivity contribution >= 4 is 17.3 Å². The van der Waals surface area contributed by atoms with Gasteiger partial charge >= 0.3 is 0 Å². The maximum absolute atomic E-state index is 11.8. The third-order valence-corrected chi connectivity index (χ3v) is 2.79. The molecule has 0 bridgehead atoms. The van der Waals surface area contributed by atoms with Crippen molar-refractivity contribution in [1.82, 2.24) is 4.90 Å². The topological polar surface area (TPSA) is 102 Å². The van der Waals surface area contributed by atoms with Crippen LogP contribution in [-0.2, 0) is 0 Å². The molecule has 0 aliphatic carbocycles. The van der Waals surface area contributed by atoms with Gasteiger partial charge in [-0.1, -0.05) is 0 Å². The Kier molecular flexibility index (Phi) is 5.92. The summed E-state index contributed by atoms with van der Waals surface area (Å²) in [4.78, 5) is 23.8. The van der Waals surface area contributed by atoms with E-state index in [4.69, 9.17) is 5.73 Å². The summed E-state index contributed by atoms with van der Waals surface area (Å²) in [7, 11) is 3.21. The molecule has 20 heavy (non-hydrogen) atoms. The lowest BCUT2D eigenvalue weighted by Gasteiger charge is -2.12. The van der Waals surface area contributed by atoms with Gasteiger partial charge in [-0.25, -0.2) is 0 Å². The molecule has 0 spiro atoms. The number of anilines is 1. The summed E-state index contributed by atoms with van der Waals surface area (Å²) in [5.74, 6) is -0.261. The van der Waals surface area contributed by atoms with Crippen LogP contribution in [0.2, 0.25) is 0 Å². The van der Waals surface area contributed by atoms with E-state index >= 15 is 0 Å². The molecule has 1 amide bonds. The quantitative estimate of drug-likeness (QED) is 0.447. The molecule has 1 aromatic carbocycles. The maximum Gasteiger partial charge on any atom is 0.293 e. The van der Waals surface area contributed by atoms with Crippen LogP contribution in [0.25, 0.3) is 0 Å². The first kappa shape index (κ1) is 15.9. The van der Waals surface area contributed by atoms with E-state index in [1.54, 1.807) is 26.2 Å². The minimum Gasteiger partial charge on any atom is -0.379 e. The molecule has 110 valence electrons. The van der Waals surface area contributed by atoms with E-state index in [0.29, 0.717) is 24.3 Å². The Balaban J connectivity index is 2.91. The Bertz CT molecular complexity index is 489. The van der Waals surface area contributed by atoms with Crippen LogP contribution in [0, 0.1) is 10.1 Å². The lowest BCUT2D eigenvalue weighted by Crippen LogP contribution is -2.21. The zero-order valence-corrected chi connectivity index (χ0v) is 11.8. The number of nitrogens with one attached hydrogen (secondary N) is 1. The summed E-state index contributed by atoms with van der Waals surface area (Å²) in [5.41, 5.74) is 6.02. The van der Waals surface area contributed by atoms with Gasteiger partial charge in [0.2, 0.25) is 0 Å². The number of hydrogen-bond donors (Lipinski definition) is 2. The van der Waals surface area contributed by atoms with E-state index < -0.39 is 4.92 Å². The molecule has 0 radical (unpaired) electrons. The average molecular weight is 280 g/mol. The second kappa shape index (κ2) is 7.44. The number of unbranched alkanes of at least 4 members (excludes halogenated alkanes) is 1. The number of benzene rings is 1.